The van der Waals surface area contributed by atoms with Crippen molar-refractivity contribution in [1.82, 2.24) is 10.0 Å². The molecule has 0 bridgehead atoms. The van der Waals surface area contributed by atoms with E-state index in [0.717, 1.165) is 30.7 Å². The molecule has 0 atom stereocenters. The van der Waals surface area contributed by atoms with Crippen LogP contribution in [0.1, 0.15) is 34.3 Å². The van der Waals surface area contributed by atoms with Crippen LogP contribution in [-0.4, -0.2) is 25.3 Å². The number of amides is 1. The molecule has 1 aliphatic carbocycles. The minimum Gasteiger partial charge on any atom is -0.492 e. The van der Waals surface area contributed by atoms with Gasteiger partial charge in [-0.15, -0.1) is 0 Å². The molecule has 0 radical (unpaired) electrons. The van der Waals surface area contributed by atoms with Gasteiger partial charge >= 0.3 is 0 Å². The molecule has 29 heavy (non-hydrogen) atoms. The normalized spacial score (nSPS) is 14.6. The Kier molecular flexibility index (Phi) is 5.79. The highest BCUT2D eigenvalue weighted by Crippen LogP contribution is 2.48. The molecule has 1 amide bonds. The first-order valence-electron chi connectivity index (χ1n) is 9.93. The summed E-state index contributed by atoms with van der Waals surface area (Å²) in [6.45, 7) is 3.27. The summed E-state index contributed by atoms with van der Waals surface area (Å²) in [6.07, 6.45) is 3.91. The Morgan fingerprint density at radius 1 is 1.10 bits per heavy atom. The van der Waals surface area contributed by atoms with Gasteiger partial charge in [0.05, 0.1) is 5.54 Å². The van der Waals surface area contributed by atoms with Crippen LogP contribution in [0.2, 0.25) is 0 Å². The van der Waals surface area contributed by atoms with E-state index in [9.17, 15) is 4.79 Å². The SMILES string of the molecule is CSNCCOc1ccc(C)c(C(=O)NC2(c3cccc4ccccc34)CC2)c1. The lowest BCUT2D eigenvalue weighted by molar-refractivity contribution is 0.0930. The maximum atomic E-state index is 13.2. The van der Waals surface area contributed by atoms with Crippen LogP contribution in [-0.2, 0) is 5.54 Å². The monoisotopic (exact) mass is 406 g/mol. The highest BCUT2D eigenvalue weighted by Gasteiger charge is 2.46. The third-order valence-corrected chi connectivity index (χ3v) is 5.97. The maximum Gasteiger partial charge on any atom is 0.252 e. The average molecular weight is 407 g/mol. The minimum atomic E-state index is -0.274. The molecule has 1 fully saturated rings. The van der Waals surface area contributed by atoms with E-state index in [-0.39, 0.29) is 11.4 Å². The standard InChI is InChI=1S/C24H26N2O2S/c1-17-10-11-19(28-15-14-25-29-2)16-21(17)23(27)26-24(12-13-24)22-9-5-7-18-6-3-4-8-20(18)22/h3-11,16,25H,12-15H2,1-2H3,(H,26,27). The fourth-order valence-electron chi connectivity index (χ4n) is 3.76. The van der Waals surface area contributed by atoms with Gasteiger partial charge in [-0.25, -0.2) is 0 Å². The zero-order valence-corrected chi connectivity index (χ0v) is 17.6. The van der Waals surface area contributed by atoms with Gasteiger partial charge < -0.3 is 10.1 Å². The average Bonchev–Trinajstić information content (AvgIpc) is 3.52. The lowest BCUT2D eigenvalue weighted by atomic mass is 9.96. The molecule has 0 saturated heterocycles. The van der Waals surface area contributed by atoms with Gasteiger partial charge in [-0.3, -0.25) is 9.52 Å². The zero-order valence-electron chi connectivity index (χ0n) is 16.8. The number of hydrogen-bond donors (Lipinski definition) is 2. The molecule has 1 aliphatic rings. The number of nitrogens with one attached hydrogen (secondary N) is 2. The van der Waals surface area contributed by atoms with E-state index in [0.29, 0.717) is 12.2 Å². The summed E-state index contributed by atoms with van der Waals surface area (Å²) in [5, 5.41) is 5.74. The van der Waals surface area contributed by atoms with Crippen LogP contribution in [0.25, 0.3) is 10.8 Å². The van der Waals surface area contributed by atoms with Crippen molar-refractivity contribution in [3.8, 4) is 5.75 Å². The number of carbonyl (C=O) groups is 1. The van der Waals surface area contributed by atoms with Gasteiger partial charge in [0.15, 0.2) is 0 Å². The molecule has 3 aromatic rings. The molecule has 1 saturated carbocycles. The van der Waals surface area contributed by atoms with Crippen LogP contribution >= 0.6 is 11.9 Å². The van der Waals surface area contributed by atoms with Crippen molar-refractivity contribution >= 4 is 28.6 Å². The first kappa shape index (κ1) is 19.8. The predicted octanol–water partition coefficient (Wildman–Crippen LogP) is 4.81. The summed E-state index contributed by atoms with van der Waals surface area (Å²) >= 11 is 1.57. The topological polar surface area (TPSA) is 50.4 Å². The Hall–Kier alpha value is -2.50. The minimum absolute atomic E-state index is 0.0411. The number of fused-ring (bicyclic) bond motifs is 1. The lowest BCUT2D eigenvalue weighted by Crippen LogP contribution is -2.35. The van der Waals surface area contributed by atoms with Crippen molar-refractivity contribution < 1.29 is 9.53 Å². The van der Waals surface area contributed by atoms with E-state index in [1.165, 1.54) is 16.3 Å². The number of rotatable bonds is 8. The Morgan fingerprint density at radius 2 is 1.90 bits per heavy atom. The molecule has 0 aromatic heterocycles. The number of carbonyl (C=O) groups excluding carboxylic acids is 1. The Labute approximate surface area is 176 Å². The molecule has 3 aromatic carbocycles. The first-order chi connectivity index (χ1) is 14.1. The molecule has 0 unspecified atom stereocenters. The fraction of sp³-hybridized carbons (Fsp3) is 0.292. The van der Waals surface area contributed by atoms with E-state index < -0.39 is 0 Å². The van der Waals surface area contributed by atoms with Gasteiger partial charge in [0, 0.05) is 12.1 Å². The van der Waals surface area contributed by atoms with Crippen LogP contribution in [0.5, 0.6) is 5.75 Å². The second kappa shape index (κ2) is 8.47. The van der Waals surface area contributed by atoms with Gasteiger partial charge in [-0.1, -0.05) is 60.5 Å². The van der Waals surface area contributed by atoms with Crippen LogP contribution < -0.4 is 14.8 Å². The third-order valence-electron chi connectivity index (χ3n) is 5.48. The van der Waals surface area contributed by atoms with Gasteiger partial charge in [-0.2, -0.15) is 0 Å². The summed E-state index contributed by atoms with van der Waals surface area (Å²) in [6, 6.07) is 20.4. The highest BCUT2D eigenvalue weighted by molar-refractivity contribution is 7.96. The zero-order chi connectivity index (χ0) is 20.3. The Balaban J connectivity index is 1.54. The molecule has 0 spiro atoms. The van der Waals surface area contributed by atoms with E-state index >= 15 is 0 Å². The third kappa shape index (κ3) is 4.26. The summed E-state index contributed by atoms with van der Waals surface area (Å²) in [4.78, 5) is 13.2. The predicted molar refractivity (Wildman–Crippen MR) is 121 cm³/mol. The molecular weight excluding hydrogens is 380 g/mol. The summed E-state index contributed by atoms with van der Waals surface area (Å²) < 4.78 is 8.94. The van der Waals surface area contributed by atoms with Gasteiger partial charge in [-0.05, 0) is 60.1 Å². The number of benzene rings is 3. The van der Waals surface area contributed by atoms with Crippen molar-refractivity contribution in [2.75, 3.05) is 19.4 Å². The molecular formula is C24H26N2O2S. The highest BCUT2D eigenvalue weighted by atomic mass is 32.2. The smallest absolute Gasteiger partial charge is 0.252 e. The Morgan fingerprint density at radius 3 is 2.69 bits per heavy atom. The molecule has 0 heterocycles. The van der Waals surface area contributed by atoms with Crippen LogP contribution in [0, 0.1) is 6.92 Å². The van der Waals surface area contributed by atoms with Crippen LogP contribution in [0.3, 0.4) is 0 Å². The molecule has 0 aliphatic heterocycles. The van der Waals surface area contributed by atoms with Gasteiger partial charge in [0.1, 0.15) is 12.4 Å². The van der Waals surface area contributed by atoms with Gasteiger partial charge in [0.2, 0.25) is 0 Å². The molecule has 150 valence electrons. The van der Waals surface area contributed by atoms with E-state index in [1.807, 2.05) is 37.4 Å². The largest absolute Gasteiger partial charge is 0.492 e. The number of ether oxygens (including phenoxy) is 1. The van der Waals surface area contributed by atoms with Crippen LogP contribution in [0.4, 0.5) is 0 Å². The second-order valence-corrected chi connectivity index (χ2v) is 8.18. The summed E-state index contributed by atoms with van der Waals surface area (Å²) in [7, 11) is 0. The molecule has 4 nitrogen and oxygen atoms in total. The van der Waals surface area contributed by atoms with Crippen molar-refractivity contribution in [1.29, 1.82) is 0 Å². The van der Waals surface area contributed by atoms with E-state index in [1.54, 1.807) is 11.9 Å². The van der Waals surface area contributed by atoms with Crippen LogP contribution in [0.15, 0.2) is 60.7 Å². The van der Waals surface area contributed by atoms with E-state index in [4.69, 9.17) is 4.74 Å². The Bertz CT molecular complexity index is 1030. The molecule has 4 rings (SSSR count). The maximum absolute atomic E-state index is 13.2. The lowest BCUT2D eigenvalue weighted by Gasteiger charge is -2.21. The summed E-state index contributed by atoms with van der Waals surface area (Å²) in [5.41, 5.74) is 2.55. The quantitative estimate of drug-likeness (QED) is 0.416. The molecule has 2 N–H and O–H groups in total. The van der Waals surface area contributed by atoms with E-state index in [2.05, 4.69) is 46.4 Å². The fourth-order valence-corrected chi connectivity index (χ4v) is 4.05. The van der Waals surface area contributed by atoms with Crippen molar-refractivity contribution in [3.63, 3.8) is 0 Å². The number of hydrogen-bond acceptors (Lipinski definition) is 4. The first-order valence-corrected chi connectivity index (χ1v) is 11.2. The molecule has 5 heteroatoms. The summed E-state index contributed by atoms with van der Waals surface area (Å²) in [5.74, 6) is 0.680. The van der Waals surface area contributed by atoms with Crippen molar-refractivity contribution in [3.05, 3.63) is 77.4 Å². The second-order valence-electron chi connectivity index (χ2n) is 7.49. The van der Waals surface area contributed by atoms with Gasteiger partial charge in [0.25, 0.3) is 5.91 Å². The number of aryl methyl sites for hydroxylation is 1. The van der Waals surface area contributed by atoms with Crippen molar-refractivity contribution in [2.45, 2.75) is 25.3 Å². The van der Waals surface area contributed by atoms with Crippen molar-refractivity contribution in [2.24, 2.45) is 0 Å².